The van der Waals surface area contributed by atoms with Crippen LogP contribution in [0.15, 0.2) is 54.6 Å². The molecule has 59 heavy (non-hydrogen) atoms. The van der Waals surface area contributed by atoms with Crippen LogP contribution in [-0.4, -0.2) is 124 Å². The Morgan fingerprint density at radius 3 is 2.25 bits per heavy atom. The van der Waals surface area contributed by atoms with Crippen LogP contribution < -0.4 is 16.0 Å². The van der Waals surface area contributed by atoms with E-state index in [1.165, 1.54) is 12.1 Å². The molecule has 1 saturated heterocycles. The number of aromatic amines is 1. The third-order valence-electron chi connectivity index (χ3n) is 10.1. The fourth-order valence-electron chi connectivity index (χ4n) is 7.29. The number of nitrogens with one attached hydrogen (secondary N) is 4. The van der Waals surface area contributed by atoms with Crippen molar-refractivity contribution in [3.63, 3.8) is 0 Å². The number of likely N-dealkylation sites (N-methyl/N-ethyl adjacent to an activating group) is 1. The lowest BCUT2D eigenvalue weighted by Crippen LogP contribution is -2.54. The molecule has 1 atom stereocenters. The molecule has 4 heterocycles. The highest BCUT2D eigenvalue weighted by Gasteiger charge is 2.45. The monoisotopic (exact) mass is 816 g/mol. The first-order valence-electron chi connectivity index (χ1n) is 19.1. The number of benzene rings is 3. The quantitative estimate of drug-likeness (QED) is 0.0544. The van der Waals surface area contributed by atoms with E-state index in [0.29, 0.717) is 50.3 Å². The van der Waals surface area contributed by atoms with Crippen molar-refractivity contribution < 1.29 is 56.8 Å². The van der Waals surface area contributed by atoms with Gasteiger partial charge in [0.25, 0.3) is 17.7 Å². The summed E-state index contributed by atoms with van der Waals surface area (Å²) < 4.78 is 46.6. The maximum absolute atomic E-state index is 14.6. The van der Waals surface area contributed by atoms with Gasteiger partial charge in [-0.3, -0.25) is 39.1 Å². The highest BCUT2D eigenvalue weighted by atomic mass is 19.1. The second kappa shape index (κ2) is 19.4. The SMILES string of the molecule is CN(CCOCOCOCOCOCOCCNc1cccc2c1C(=O)N(C1CCC(=O)NC1=O)C2=O)Cc1ccc(-c2[nH]c3ccc(F)c4c3c2CCNC4=O)cc1. The molecule has 1 aromatic heterocycles. The number of fused-ring (bicyclic) bond motifs is 1. The van der Waals surface area contributed by atoms with Gasteiger partial charge in [-0.2, -0.15) is 0 Å². The van der Waals surface area contributed by atoms with Crippen molar-refractivity contribution in [3.8, 4) is 11.3 Å². The Hall–Kier alpha value is -5.60. The van der Waals surface area contributed by atoms with Crippen molar-refractivity contribution in [2.75, 3.05) is 79.2 Å². The molecule has 17 nitrogen and oxygen atoms in total. The zero-order valence-electron chi connectivity index (χ0n) is 32.4. The number of nitrogens with zero attached hydrogens (tertiary/aromatic N) is 2. The van der Waals surface area contributed by atoms with Crippen LogP contribution in [-0.2, 0) is 51.0 Å². The van der Waals surface area contributed by atoms with Crippen molar-refractivity contribution in [2.24, 2.45) is 0 Å². The first-order valence-corrected chi connectivity index (χ1v) is 19.1. The molecule has 1 fully saturated rings. The van der Waals surface area contributed by atoms with E-state index in [1.807, 2.05) is 19.2 Å². The van der Waals surface area contributed by atoms with Crippen molar-refractivity contribution in [1.29, 1.82) is 0 Å². The molecule has 3 aromatic carbocycles. The number of imide groups is 2. The van der Waals surface area contributed by atoms with Gasteiger partial charge in [0.05, 0.1) is 29.9 Å². The standard InChI is InChI=1S/C41H45FN6O11/c1-47(19-25-5-7-26(8-6-25)37-27-13-14-44-39(51)36-29(42)9-10-31(45-37)34(27)36)16-18-55-21-57-23-59-24-58-22-56-20-54-17-15-43-30-4-2-3-28-35(30)41(53)48(40(28)52)32-11-12-33(49)46-38(32)50/h2-10,32,43,45H,11-24H2,1H3,(H,44,51)(H,46,49,50). The van der Waals surface area contributed by atoms with Crippen LogP contribution in [0.25, 0.3) is 22.2 Å². The molecule has 4 aromatic rings. The van der Waals surface area contributed by atoms with Gasteiger partial charge >= 0.3 is 0 Å². The number of ether oxygens (including phenoxy) is 6. The van der Waals surface area contributed by atoms with E-state index < -0.39 is 35.5 Å². The number of halogens is 1. The Morgan fingerprint density at radius 2 is 1.53 bits per heavy atom. The van der Waals surface area contributed by atoms with Crippen LogP contribution in [0.3, 0.4) is 0 Å². The fraction of sp³-hybridized carbons (Fsp3) is 0.390. The van der Waals surface area contributed by atoms with Crippen LogP contribution in [0.5, 0.6) is 0 Å². The normalized spacial score (nSPS) is 16.5. The zero-order chi connectivity index (χ0) is 41.3. The Bertz CT molecular complexity index is 2200. The average Bonchev–Trinajstić information content (AvgIpc) is 3.64. The minimum atomic E-state index is -1.04. The molecule has 7 rings (SSSR count). The third kappa shape index (κ3) is 9.66. The molecular formula is C41H45FN6O11. The van der Waals surface area contributed by atoms with Gasteiger partial charge in [-0.1, -0.05) is 30.3 Å². The first-order chi connectivity index (χ1) is 28.7. The molecular weight excluding hydrogens is 771 g/mol. The Labute approximate surface area is 338 Å². The number of piperidine rings is 1. The molecule has 18 heteroatoms. The molecule has 312 valence electrons. The highest BCUT2D eigenvalue weighted by molar-refractivity contribution is 6.25. The van der Waals surface area contributed by atoms with E-state index in [1.54, 1.807) is 18.2 Å². The molecule has 1 unspecified atom stereocenters. The molecule has 3 aliphatic heterocycles. The Balaban J connectivity index is 0.701. The van der Waals surface area contributed by atoms with Gasteiger partial charge < -0.3 is 44.0 Å². The predicted molar refractivity (Wildman–Crippen MR) is 208 cm³/mol. The summed E-state index contributed by atoms with van der Waals surface area (Å²) in [7, 11) is 2.00. The summed E-state index contributed by atoms with van der Waals surface area (Å²) in [6, 6.07) is 15.0. The topological polar surface area (TPSA) is 199 Å². The number of H-pyrrole nitrogens is 1. The molecule has 0 spiro atoms. The summed E-state index contributed by atoms with van der Waals surface area (Å²) in [6.07, 6.45) is 0.736. The Kier molecular flexibility index (Phi) is 13.7. The third-order valence-corrected chi connectivity index (χ3v) is 10.1. The summed E-state index contributed by atoms with van der Waals surface area (Å²) in [4.78, 5) is 68.9. The van der Waals surface area contributed by atoms with Gasteiger partial charge in [-0.25, -0.2) is 4.39 Å². The summed E-state index contributed by atoms with van der Waals surface area (Å²) in [5.74, 6) is -3.17. The molecule has 0 radical (unpaired) electrons. The van der Waals surface area contributed by atoms with Crippen LogP contribution >= 0.6 is 0 Å². The number of rotatable bonds is 21. The summed E-state index contributed by atoms with van der Waals surface area (Å²) in [5.41, 5.74) is 5.55. The summed E-state index contributed by atoms with van der Waals surface area (Å²) in [5, 5.41) is 8.72. The van der Waals surface area contributed by atoms with Crippen molar-refractivity contribution >= 4 is 46.1 Å². The van der Waals surface area contributed by atoms with Crippen LogP contribution in [0.2, 0.25) is 0 Å². The van der Waals surface area contributed by atoms with Crippen LogP contribution in [0.4, 0.5) is 10.1 Å². The second-order valence-electron chi connectivity index (χ2n) is 14.1. The van der Waals surface area contributed by atoms with Gasteiger partial charge in [0.1, 0.15) is 25.4 Å². The van der Waals surface area contributed by atoms with E-state index >= 15 is 0 Å². The number of hydrogen-bond acceptors (Lipinski definition) is 13. The number of aromatic nitrogens is 1. The van der Waals surface area contributed by atoms with Gasteiger partial charge in [-0.15, -0.1) is 0 Å². The lowest BCUT2D eigenvalue weighted by molar-refractivity contribution is -0.205. The number of amides is 5. The molecule has 5 amide bonds. The smallest absolute Gasteiger partial charge is 0.264 e. The number of carbonyl (C=O) groups excluding carboxylic acids is 5. The van der Waals surface area contributed by atoms with E-state index in [2.05, 4.69) is 38.0 Å². The molecule has 0 saturated carbocycles. The minimum absolute atomic E-state index is 0.0336. The van der Waals surface area contributed by atoms with Crippen molar-refractivity contribution in [2.45, 2.75) is 31.8 Å². The maximum Gasteiger partial charge on any atom is 0.264 e. The van der Waals surface area contributed by atoms with Crippen molar-refractivity contribution in [3.05, 3.63) is 88.2 Å². The lowest BCUT2D eigenvalue weighted by Gasteiger charge is -2.27. The fourth-order valence-corrected chi connectivity index (χ4v) is 7.29. The highest BCUT2D eigenvalue weighted by Crippen LogP contribution is 2.36. The number of anilines is 1. The Morgan fingerprint density at radius 1 is 0.814 bits per heavy atom. The van der Waals surface area contributed by atoms with Gasteiger partial charge in [-0.05, 0) is 60.8 Å². The van der Waals surface area contributed by atoms with E-state index in [0.717, 1.165) is 32.8 Å². The summed E-state index contributed by atoms with van der Waals surface area (Å²) in [6.45, 7) is 2.61. The second-order valence-corrected chi connectivity index (χ2v) is 14.1. The molecule has 0 aliphatic carbocycles. The zero-order valence-corrected chi connectivity index (χ0v) is 32.4. The average molecular weight is 817 g/mol. The van der Waals surface area contributed by atoms with Crippen LogP contribution in [0, 0.1) is 5.82 Å². The van der Waals surface area contributed by atoms with Gasteiger partial charge in [0, 0.05) is 54.9 Å². The van der Waals surface area contributed by atoms with Crippen molar-refractivity contribution in [1.82, 2.24) is 25.4 Å². The number of carbonyl (C=O) groups is 5. The van der Waals surface area contributed by atoms with Crippen LogP contribution in [0.1, 0.15) is 55.0 Å². The van der Waals surface area contributed by atoms with E-state index in [9.17, 15) is 28.4 Å². The van der Waals surface area contributed by atoms with Gasteiger partial charge in [0.15, 0.2) is 20.4 Å². The maximum atomic E-state index is 14.6. The molecule has 3 aliphatic rings. The molecule has 4 N–H and O–H groups in total. The summed E-state index contributed by atoms with van der Waals surface area (Å²) >= 11 is 0. The lowest BCUT2D eigenvalue weighted by atomic mass is 9.99. The van der Waals surface area contributed by atoms with Gasteiger partial charge in [0.2, 0.25) is 11.8 Å². The van der Waals surface area contributed by atoms with E-state index in [-0.39, 0.29) is 76.0 Å². The number of hydrogen-bond donors (Lipinski definition) is 4. The minimum Gasteiger partial charge on any atom is -0.382 e. The van der Waals surface area contributed by atoms with E-state index in [4.69, 9.17) is 28.4 Å². The largest absolute Gasteiger partial charge is 0.382 e. The first kappa shape index (κ1) is 41.6. The molecule has 0 bridgehead atoms. The predicted octanol–water partition coefficient (Wildman–Crippen LogP) is 3.09.